The van der Waals surface area contributed by atoms with Gasteiger partial charge in [0.05, 0.1) is 11.5 Å². The number of nitrogens with one attached hydrogen (secondary N) is 2. The molecular weight excluding hydrogens is 384 g/mol. The maximum absolute atomic E-state index is 13.1. The molecule has 2 N–H and O–H groups in total. The molecule has 1 aromatic carbocycles. The van der Waals surface area contributed by atoms with Crippen LogP contribution in [-0.4, -0.2) is 35.6 Å². The maximum Gasteiger partial charge on any atom is 0.257 e. The van der Waals surface area contributed by atoms with Crippen LogP contribution in [0, 0.1) is 5.92 Å². The molecule has 0 amide bonds. The summed E-state index contributed by atoms with van der Waals surface area (Å²) in [7, 11) is 3.98. The number of carbonyl (C=O) groups excluding carboxylic acids is 1. The van der Waals surface area contributed by atoms with Gasteiger partial charge >= 0.3 is 0 Å². The van der Waals surface area contributed by atoms with E-state index < -0.39 is 0 Å². The van der Waals surface area contributed by atoms with Crippen molar-refractivity contribution in [1.82, 2.24) is 9.97 Å². The van der Waals surface area contributed by atoms with Crippen molar-refractivity contribution in [3.8, 4) is 0 Å². The standard InChI is InChI=1S/C22H26N4O2S/c1-4-12-29-22-24-20-19(21(28)25-22)17(13-8-10-14(11-9-13)26(2)3)18-15(23-20)6-5-7-16(18)27/h6,8-11,17-18H,4-5,7,12H2,1-3H3,(H2,23,24,25,28)/t17-,18-/m0/s1. The number of hydrogen-bond donors (Lipinski definition) is 2. The van der Waals surface area contributed by atoms with Crippen LogP contribution in [0.5, 0.6) is 0 Å². The van der Waals surface area contributed by atoms with Gasteiger partial charge in [0.1, 0.15) is 11.6 Å². The minimum absolute atomic E-state index is 0.166. The zero-order valence-electron chi connectivity index (χ0n) is 17.0. The minimum Gasteiger partial charge on any atom is -0.378 e. The Morgan fingerprint density at radius 3 is 2.62 bits per heavy atom. The predicted octanol–water partition coefficient (Wildman–Crippen LogP) is 3.76. The molecule has 1 aliphatic heterocycles. The lowest BCUT2D eigenvalue weighted by atomic mass is 9.72. The summed E-state index contributed by atoms with van der Waals surface area (Å²) in [6.07, 6.45) is 4.31. The fraction of sp³-hybridized carbons (Fsp3) is 0.409. The SMILES string of the molecule is CCCSc1nc2c(c(=O)[nH]1)[C@@H](c1ccc(N(C)C)cc1)[C@@H]1C(=O)CCC=C1N2. The van der Waals surface area contributed by atoms with Gasteiger partial charge in [-0.2, -0.15) is 0 Å². The minimum atomic E-state index is -0.362. The smallest absolute Gasteiger partial charge is 0.257 e. The zero-order valence-corrected chi connectivity index (χ0v) is 17.8. The summed E-state index contributed by atoms with van der Waals surface area (Å²) >= 11 is 1.54. The number of allylic oxidation sites excluding steroid dienone is 2. The van der Waals surface area contributed by atoms with E-state index in [0.717, 1.165) is 35.5 Å². The number of anilines is 2. The van der Waals surface area contributed by atoms with Crippen LogP contribution < -0.4 is 15.8 Å². The highest BCUT2D eigenvalue weighted by Crippen LogP contribution is 2.45. The molecule has 0 saturated heterocycles. The Bertz CT molecular complexity index is 1010. The molecular formula is C22H26N4O2S. The number of H-pyrrole nitrogens is 1. The molecule has 0 saturated carbocycles. The molecule has 0 fully saturated rings. The van der Waals surface area contributed by atoms with E-state index in [1.807, 2.05) is 43.3 Å². The number of Topliss-reactive ketones (excluding diaryl/α,β-unsaturated/α-hetero) is 1. The number of aromatic amines is 1. The van der Waals surface area contributed by atoms with E-state index in [4.69, 9.17) is 0 Å². The molecule has 7 heteroatoms. The summed E-state index contributed by atoms with van der Waals surface area (Å²) in [5.41, 5.74) is 3.30. The second-order valence-electron chi connectivity index (χ2n) is 7.71. The number of aromatic nitrogens is 2. The number of benzene rings is 1. The average Bonchev–Trinajstić information content (AvgIpc) is 2.71. The van der Waals surface area contributed by atoms with Gasteiger partial charge in [0, 0.05) is 43.6 Å². The number of ketones is 1. The molecule has 2 aromatic rings. The van der Waals surface area contributed by atoms with E-state index in [9.17, 15) is 9.59 Å². The third-order valence-electron chi connectivity index (χ3n) is 5.49. The van der Waals surface area contributed by atoms with Gasteiger partial charge in [-0.15, -0.1) is 0 Å². The van der Waals surface area contributed by atoms with Gasteiger partial charge in [-0.25, -0.2) is 4.98 Å². The summed E-state index contributed by atoms with van der Waals surface area (Å²) in [4.78, 5) is 35.6. The largest absolute Gasteiger partial charge is 0.378 e. The van der Waals surface area contributed by atoms with Crippen molar-refractivity contribution in [1.29, 1.82) is 0 Å². The monoisotopic (exact) mass is 410 g/mol. The van der Waals surface area contributed by atoms with Crippen LogP contribution in [0.1, 0.15) is 43.2 Å². The Morgan fingerprint density at radius 1 is 1.17 bits per heavy atom. The molecule has 2 atom stereocenters. The van der Waals surface area contributed by atoms with Crippen LogP contribution in [0.25, 0.3) is 0 Å². The first-order valence-electron chi connectivity index (χ1n) is 10.0. The highest BCUT2D eigenvalue weighted by molar-refractivity contribution is 7.99. The Labute approximate surface area is 174 Å². The number of fused-ring (bicyclic) bond motifs is 2. The molecule has 0 radical (unpaired) electrons. The third-order valence-corrected chi connectivity index (χ3v) is 6.57. The Hall–Kier alpha value is -2.54. The van der Waals surface area contributed by atoms with Crippen molar-refractivity contribution < 1.29 is 4.79 Å². The van der Waals surface area contributed by atoms with E-state index in [2.05, 4.69) is 28.3 Å². The molecule has 4 rings (SSSR count). The van der Waals surface area contributed by atoms with Crippen molar-refractivity contribution in [2.75, 3.05) is 30.1 Å². The summed E-state index contributed by atoms with van der Waals surface area (Å²) in [6, 6.07) is 8.10. The van der Waals surface area contributed by atoms with E-state index in [-0.39, 0.29) is 23.2 Å². The lowest BCUT2D eigenvalue weighted by Gasteiger charge is -2.36. The van der Waals surface area contributed by atoms with Crippen LogP contribution >= 0.6 is 11.8 Å². The van der Waals surface area contributed by atoms with Crippen molar-refractivity contribution in [2.45, 2.75) is 37.3 Å². The summed E-state index contributed by atoms with van der Waals surface area (Å²) in [6.45, 7) is 2.10. The summed E-state index contributed by atoms with van der Waals surface area (Å²) in [5, 5.41) is 3.92. The molecule has 6 nitrogen and oxygen atoms in total. The van der Waals surface area contributed by atoms with Gasteiger partial charge < -0.3 is 15.2 Å². The molecule has 2 heterocycles. The molecule has 0 bridgehead atoms. The Balaban J connectivity index is 1.85. The molecule has 152 valence electrons. The molecule has 0 unspecified atom stereocenters. The summed E-state index contributed by atoms with van der Waals surface area (Å²) < 4.78 is 0. The fourth-order valence-electron chi connectivity index (χ4n) is 4.07. The topological polar surface area (TPSA) is 78.1 Å². The third kappa shape index (κ3) is 3.71. The second kappa shape index (κ2) is 8.06. The Morgan fingerprint density at radius 2 is 1.93 bits per heavy atom. The van der Waals surface area contributed by atoms with E-state index in [1.54, 1.807) is 11.8 Å². The first kappa shape index (κ1) is 19.8. The van der Waals surface area contributed by atoms with Gasteiger partial charge in [-0.05, 0) is 30.5 Å². The molecule has 1 aliphatic carbocycles. The number of hydrogen-bond acceptors (Lipinski definition) is 6. The van der Waals surface area contributed by atoms with Crippen LogP contribution in [-0.2, 0) is 4.79 Å². The van der Waals surface area contributed by atoms with Gasteiger partial charge in [0.15, 0.2) is 5.16 Å². The Kier molecular flexibility index (Phi) is 5.50. The highest BCUT2D eigenvalue weighted by atomic mass is 32.2. The lowest BCUT2D eigenvalue weighted by molar-refractivity contribution is -0.122. The zero-order chi connectivity index (χ0) is 20.5. The van der Waals surface area contributed by atoms with Gasteiger partial charge in [0.2, 0.25) is 0 Å². The molecule has 0 spiro atoms. The van der Waals surface area contributed by atoms with Crippen molar-refractivity contribution >= 4 is 29.1 Å². The molecule has 29 heavy (non-hydrogen) atoms. The van der Waals surface area contributed by atoms with E-state index in [1.165, 1.54) is 0 Å². The number of thioether (sulfide) groups is 1. The predicted molar refractivity (Wildman–Crippen MR) is 118 cm³/mol. The van der Waals surface area contributed by atoms with E-state index in [0.29, 0.717) is 23.0 Å². The average molecular weight is 411 g/mol. The fourth-order valence-corrected chi connectivity index (χ4v) is 4.79. The number of rotatable bonds is 5. The first-order chi connectivity index (χ1) is 14.0. The van der Waals surface area contributed by atoms with Crippen molar-refractivity contribution in [3.63, 3.8) is 0 Å². The second-order valence-corrected chi connectivity index (χ2v) is 8.80. The summed E-state index contributed by atoms with van der Waals surface area (Å²) in [5.74, 6) is 0.944. The van der Waals surface area contributed by atoms with Crippen LogP contribution in [0.3, 0.4) is 0 Å². The van der Waals surface area contributed by atoms with Crippen LogP contribution in [0.4, 0.5) is 11.5 Å². The normalized spacial score (nSPS) is 20.4. The quantitative estimate of drug-likeness (QED) is 0.577. The van der Waals surface area contributed by atoms with Crippen molar-refractivity contribution in [3.05, 3.63) is 57.5 Å². The van der Waals surface area contributed by atoms with Crippen LogP contribution in [0.2, 0.25) is 0 Å². The highest BCUT2D eigenvalue weighted by Gasteiger charge is 2.42. The van der Waals surface area contributed by atoms with Gasteiger partial charge in [-0.1, -0.05) is 36.9 Å². The van der Waals surface area contributed by atoms with Crippen molar-refractivity contribution in [2.24, 2.45) is 5.92 Å². The molecule has 2 aliphatic rings. The number of carbonyl (C=O) groups is 1. The van der Waals surface area contributed by atoms with E-state index >= 15 is 0 Å². The maximum atomic E-state index is 13.1. The van der Waals surface area contributed by atoms with Crippen LogP contribution in [0.15, 0.2) is 46.0 Å². The lowest BCUT2D eigenvalue weighted by Crippen LogP contribution is -2.38. The first-order valence-corrected chi connectivity index (χ1v) is 11.0. The van der Waals surface area contributed by atoms with Gasteiger partial charge in [-0.3, -0.25) is 9.59 Å². The van der Waals surface area contributed by atoms with Gasteiger partial charge in [0.25, 0.3) is 5.56 Å². The molecule has 1 aromatic heterocycles. The number of nitrogens with zero attached hydrogens (tertiary/aromatic N) is 2.